The number of carbonyl (C=O) groups is 2. The van der Waals surface area contributed by atoms with Gasteiger partial charge in [0.05, 0.1) is 10.9 Å². The fourth-order valence-corrected chi connectivity index (χ4v) is 9.13. The van der Waals surface area contributed by atoms with Crippen molar-refractivity contribution < 1.29 is 22.7 Å². The van der Waals surface area contributed by atoms with Crippen molar-refractivity contribution in [1.29, 1.82) is 0 Å². The van der Waals surface area contributed by atoms with E-state index < -0.39 is 22.0 Å². The number of aromatic nitrogens is 1. The van der Waals surface area contributed by atoms with Gasteiger partial charge < -0.3 is 25.2 Å². The minimum absolute atomic E-state index is 0.00421. The van der Waals surface area contributed by atoms with Crippen LogP contribution in [0.1, 0.15) is 55.3 Å². The number of carbonyl (C=O) groups excluding carboxylic acids is 2. The van der Waals surface area contributed by atoms with Crippen molar-refractivity contribution in [2.45, 2.75) is 76.0 Å². The van der Waals surface area contributed by atoms with Crippen LogP contribution in [0.25, 0.3) is 10.9 Å². The van der Waals surface area contributed by atoms with Gasteiger partial charge in [-0.05, 0) is 90.0 Å². The van der Waals surface area contributed by atoms with Crippen LogP contribution < -0.4 is 15.2 Å². The first kappa shape index (κ1) is 38.2. The molecule has 272 valence electrons. The molecule has 1 saturated carbocycles. The molecule has 1 aliphatic carbocycles. The Balaban J connectivity index is 1.21. The Bertz CT molecular complexity index is 1820. The second-order valence-corrected chi connectivity index (χ2v) is 16.2. The zero-order valence-corrected chi connectivity index (χ0v) is 31.6. The van der Waals surface area contributed by atoms with Gasteiger partial charge in [0, 0.05) is 66.3 Å². The van der Waals surface area contributed by atoms with Crippen molar-refractivity contribution in [3.8, 4) is 5.75 Å². The summed E-state index contributed by atoms with van der Waals surface area (Å²) in [4.78, 5) is 36.7. The van der Waals surface area contributed by atoms with Gasteiger partial charge in [-0.25, -0.2) is 18.1 Å². The Morgan fingerprint density at radius 2 is 1.80 bits per heavy atom. The SMILES string of the molecule is Cc1cc(C)c2cccc(OCc3c(Cl)ccc(S(=O)(=O)NC4CCCC4C(=O)N4CCN(C(=O)CC(N)CCCN(C)C)CC4)c3Cl)c2n1. The number of piperazine rings is 1. The number of fused-ring (bicyclic) bond motifs is 1. The predicted molar refractivity (Wildman–Crippen MR) is 197 cm³/mol. The zero-order valence-electron chi connectivity index (χ0n) is 29.3. The number of hydrogen-bond acceptors (Lipinski definition) is 8. The highest BCUT2D eigenvalue weighted by Gasteiger charge is 2.39. The molecule has 0 bridgehead atoms. The zero-order chi connectivity index (χ0) is 36.2. The van der Waals surface area contributed by atoms with E-state index in [0.717, 1.165) is 36.0 Å². The summed E-state index contributed by atoms with van der Waals surface area (Å²) in [7, 11) is -0.111. The van der Waals surface area contributed by atoms with Gasteiger partial charge in [-0.15, -0.1) is 0 Å². The minimum Gasteiger partial charge on any atom is -0.487 e. The maximum atomic E-state index is 13.8. The standard InChI is InChI=1S/C36H48Cl2N6O5S/c1-23-20-24(2)40-35-26(23)9-6-12-31(35)49-22-28-29(37)13-14-32(34(28)38)50(47,48)41-30-11-5-10-27(30)36(46)44-18-16-43(17-19-44)33(45)21-25(39)8-7-15-42(3)4/h6,9,12-14,20,25,27,30,41H,5,7-8,10-11,15-19,21-22,39H2,1-4H3. The summed E-state index contributed by atoms with van der Waals surface area (Å²) in [5.74, 6) is -0.0842. The molecule has 2 fully saturated rings. The Morgan fingerprint density at radius 1 is 1.08 bits per heavy atom. The van der Waals surface area contributed by atoms with Gasteiger partial charge in [0.25, 0.3) is 0 Å². The van der Waals surface area contributed by atoms with Gasteiger partial charge in [-0.3, -0.25) is 9.59 Å². The van der Waals surface area contributed by atoms with E-state index in [1.165, 1.54) is 12.1 Å². The topological polar surface area (TPSA) is 138 Å². The van der Waals surface area contributed by atoms with E-state index >= 15 is 0 Å². The van der Waals surface area contributed by atoms with E-state index in [-0.39, 0.29) is 45.8 Å². The van der Waals surface area contributed by atoms with Crippen molar-refractivity contribution in [3.63, 3.8) is 0 Å². The average molecular weight is 748 g/mol. The molecule has 1 aliphatic heterocycles. The van der Waals surface area contributed by atoms with Crippen LogP contribution in [0.3, 0.4) is 0 Å². The molecule has 5 rings (SSSR count). The molecule has 0 spiro atoms. The van der Waals surface area contributed by atoms with Gasteiger partial charge in [-0.2, -0.15) is 0 Å². The Labute approximate surface area is 305 Å². The summed E-state index contributed by atoms with van der Waals surface area (Å²) < 4.78 is 36.5. The highest BCUT2D eigenvalue weighted by atomic mass is 35.5. The number of para-hydroxylation sites is 1. The number of ether oxygens (including phenoxy) is 1. The van der Waals surface area contributed by atoms with Crippen LogP contribution in [-0.2, 0) is 26.2 Å². The molecular weight excluding hydrogens is 699 g/mol. The maximum Gasteiger partial charge on any atom is 0.242 e. The first-order valence-electron chi connectivity index (χ1n) is 17.2. The van der Waals surface area contributed by atoms with Crippen molar-refractivity contribution in [2.24, 2.45) is 11.7 Å². The summed E-state index contributed by atoms with van der Waals surface area (Å²) in [6.07, 6.45) is 3.79. The van der Waals surface area contributed by atoms with E-state index in [2.05, 4.69) is 14.6 Å². The molecule has 2 aliphatic rings. The first-order chi connectivity index (χ1) is 23.7. The molecule has 50 heavy (non-hydrogen) atoms. The van der Waals surface area contributed by atoms with Crippen molar-refractivity contribution >= 4 is 55.9 Å². The van der Waals surface area contributed by atoms with Crippen LogP contribution in [0, 0.1) is 19.8 Å². The number of nitrogens with two attached hydrogens (primary N) is 1. The van der Waals surface area contributed by atoms with Crippen LogP contribution in [0.15, 0.2) is 41.3 Å². The number of rotatable bonds is 13. The molecule has 2 aromatic carbocycles. The predicted octanol–water partition coefficient (Wildman–Crippen LogP) is 4.91. The molecule has 0 radical (unpaired) electrons. The molecule has 1 saturated heterocycles. The third-order valence-corrected chi connectivity index (χ3v) is 12.1. The number of hydrogen-bond donors (Lipinski definition) is 2. The molecule has 2 amide bonds. The lowest BCUT2D eigenvalue weighted by Crippen LogP contribution is -2.54. The number of sulfonamides is 1. The molecule has 1 aromatic heterocycles. The molecule has 2 heterocycles. The highest BCUT2D eigenvalue weighted by Crippen LogP contribution is 2.35. The molecule has 3 N–H and O–H groups in total. The highest BCUT2D eigenvalue weighted by molar-refractivity contribution is 7.89. The summed E-state index contributed by atoms with van der Waals surface area (Å²) in [6, 6.07) is 9.73. The molecule has 3 aromatic rings. The van der Waals surface area contributed by atoms with E-state index in [4.69, 9.17) is 33.7 Å². The van der Waals surface area contributed by atoms with E-state index in [0.29, 0.717) is 62.3 Å². The lowest BCUT2D eigenvalue weighted by atomic mass is 10.0. The van der Waals surface area contributed by atoms with Crippen LogP contribution >= 0.6 is 23.2 Å². The molecular formula is C36H48Cl2N6O5S. The van der Waals surface area contributed by atoms with Crippen LogP contribution in [0.2, 0.25) is 10.0 Å². The smallest absolute Gasteiger partial charge is 0.242 e. The van der Waals surface area contributed by atoms with Crippen molar-refractivity contribution in [1.82, 2.24) is 24.4 Å². The maximum absolute atomic E-state index is 13.8. The molecule has 3 unspecified atom stereocenters. The summed E-state index contributed by atoms with van der Waals surface area (Å²) in [5, 5.41) is 1.19. The fourth-order valence-electron chi connectivity index (χ4n) is 6.93. The second-order valence-electron chi connectivity index (χ2n) is 13.7. The molecule has 11 nitrogen and oxygen atoms in total. The Morgan fingerprint density at radius 3 is 2.52 bits per heavy atom. The monoisotopic (exact) mass is 746 g/mol. The lowest BCUT2D eigenvalue weighted by molar-refractivity contribution is -0.142. The summed E-state index contributed by atoms with van der Waals surface area (Å²) >= 11 is 13.2. The minimum atomic E-state index is -4.13. The quantitative estimate of drug-likeness (QED) is 0.252. The largest absolute Gasteiger partial charge is 0.487 e. The number of nitrogens with one attached hydrogen (secondary N) is 1. The van der Waals surface area contributed by atoms with Crippen LogP contribution in [-0.4, -0.2) is 98.8 Å². The second kappa shape index (κ2) is 16.6. The average Bonchev–Trinajstić information content (AvgIpc) is 3.51. The third-order valence-electron chi connectivity index (χ3n) is 9.65. The third kappa shape index (κ3) is 9.07. The molecule has 14 heteroatoms. The number of aryl methyl sites for hydroxylation is 2. The fraction of sp³-hybridized carbons (Fsp3) is 0.528. The number of benzene rings is 2. The molecule has 3 atom stereocenters. The Hall–Kier alpha value is -3.00. The number of nitrogens with zero attached hydrogens (tertiary/aromatic N) is 4. The van der Waals surface area contributed by atoms with Gasteiger partial charge in [0.2, 0.25) is 21.8 Å². The van der Waals surface area contributed by atoms with Gasteiger partial charge in [-0.1, -0.05) is 41.8 Å². The normalized spacial score (nSPS) is 19.0. The Kier molecular flexibility index (Phi) is 12.7. The van der Waals surface area contributed by atoms with Crippen molar-refractivity contribution in [3.05, 3.63) is 63.3 Å². The summed E-state index contributed by atoms with van der Waals surface area (Å²) in [5.41, 5.74) is 9.16. The number of pyridine rings is 1. The van der Waals surface area contributed by atoms with E-state index in [9.17, 15) is 18.0 Å². The summed E-state index contributed by atoms with van der Waals surface area (Å²) in [6.45, 7) is 6.42. The van der Waals surface area contributed by atoms with Crippen LogP contribution in [0.4, 0.5) is 0 Å². The number of halogens is 2. The van der Waals surface area contributed by atoms with Crippen molar-refractivity contribution in [2.75, 3.05) is 46.8 Å². The first-order valence-corrected chi connectivity index (χ1v) is 19.4. The van der Waals surface area contributed by atoms with Gasteiger partial charge >= 0.3 is 0 Å². The number of amides is 2. The van der Waals surface area contributed by atoms with Gasteiger partial charge in [0.15, 0.2) is 0 Å². The van der Waals surface area contributed by atoms with Gasteiger partial charge in [0.1, 0.15) is 22.8 Å². The van der Waals surface area contributed by atoms with E-state index in [1.54, 1.807) is 15.9 Å². The van der Waals surface area contributed by atoms with E-state index in [1.807, 2.05) is 46.1 Å². The lowest BCUT2D eigenvalue weighted by Gasteiger charge is -2.37. The van der Waals surface area contributed by atoms with Crippen LogP contribution in [0.5, 0.6) is 5.75 Å².